The van der Waals surface area contributed by atoms with Crippen molar-refractivity contribution in [2.75, 3.05) is 0 Å². The zero-order valence-electron chi connectivity index (χ0n) is 17.6. The molecule has 1 aromatic carbocycles. The van der Waals surface area contributed by atoms with Gasteiger partial charge in [-0.2, -0.15) is 0 Å². The van der Waals surface area contributed by atoms with E-state index in [1.807, 2.05) is 12.1 Å². The smallest absolute Gasteiger partial charge is 1.00 e. The molecule has 0 unspecified atom stereocenters. The monoisotopic (exact) mass is 342 g/mol. The van der Waals surface area contributed by atoms with Crippen molar-refractivity contribution >= 4 is 0 Å². The van der Waals surface area contributed by atoms with Gasteiger partial charge >= 0.3 is 29.6 Å². The molecule has 1 nitrogen and oxygen atoms in total. The first-order valence-electron chi connectivity index (χ1n) is 10.1. The molecule has 0 amide bonds. The van der Waals surface area contributed by atoms with E-state index >= 15 is 0 Å². The number of aromatic hydroxyl groups is 1. The van der Waals surface area contributed by atoms with Crippen molar-refractivity contribution in [2.24, 2.45) is 0 Å². The van der Waals surface area contributed by atoms with E-state index in [2.05, 4.69) is 19.9 Å². The molecule has 134 valence electrons. The first-order chi connectivity index (χ1) is 11.3. The Morgan fingerprint density at radius 2 is 1.21 bits per heavy atom. The van der Waals surface area contributed by atoms with Gasteiger partial charge in [0.1, 0.15) is 5.75 Å². The van der Waals surface area contributed by atoms with Crippen molar-refractivity contribution in [2.45, 2.75) is 104 Å². The van der Waals surface area contributed by atoms with Gasteiger partial charge in [-0.1, -0.05) is 90.2 Å². The van der Waals surface area contributed by atoms with Crippen molar-refractivity contribution in [1.82, 2.24) is 0 Å². The van der Waals surface area contributed by atoms with E-state index in [1.54, 1.807) is 0 Å². The summed E-state index contributed by atoms with van der Waals surface area (Å²) in [7, 11) is 0. The Kier molecular flexibility index (Phi) is 16.5. The molecule has 0 aliphatic carbocycles. The third-order valence-electron chi connectivity index (χ3n) is 4.83. The largest absolute Gasteiger partial charge is 1.00 e. The van der Waals surface area contributed by atoms with E-state index in [0.29, 0.717) is 5.75 Å². The van der Waals surface area contributed by atoms with Gasteiger partial charge in [-0.15, -0.1) is 0 Å². The first kappa shape index (κ1) is 24.0. The Balaban J connectivity index is 0. The number of hydrogen-bond donors (Lipinski definition) is 1. The number of phenols is 1. The zero-order valence-corrected chi connectivity index (χ0v) is 18.6. The van der Waals surface area contributed by atoms with E-state index in [4.69, 9.17) is 0 Å². The quantitative estimate of drug-likeness (QED) is 0.394. The van der Waals surface area contributed by atoms with Crippen molar-refractivity contribution in [3.63, 3.8) is 0 Å². The third kappa shape index (κ3) is 10.8. The van der Waals surface area contributed by atoms with Crippen molar-refractivity contribution in [3.05, 3.63) is 29.3 Å². The first-order valence-corrected chi connectivity index (χ1v) is 10.1. The molecule has 24 heavy (non-hydrogen) atoms. The standard InChI is InChI=1S/C22H38O.Na.H/c1-3-5-7-9-11-13-16-20-17-15-19-22(23)21(20)18-14-12-10-8-6-4-2;;/h15,17,19,23H,3-14,16,18H2,1-2H3;;/q;+1;-1. The summed E-state index contributed by atoms with van der Waals surface area (Å²) >= 11 is 0. The van der Waals surface area contributed by atoms with Gasteiger partial charge in [0.25, 0.3) is 0 Å². The summed E-state index contributed by atoms with van der Waals surface area (Å²) in [4.78, 5) is 0. The van der Waals surface area contributed by atoms with Gasteiger partial charge in [-0.3, -0.25) is 0 Å². The number of hydrogen-bond acceptors (Lipinski definition) is 1. The fourth-order valence-corrected chi connectivity index (χ4v) is 3.32. The van der Waals surface area contributed by atoms with E-state index in [1.165, 1.54) is 88.2 Å². The summed E-state index contributed by atoms with van der Waals surface area (Å²) in [6.07, 6.45) is 18.1. The predicted octanol–water partition coefficient (Wildman–Crippen LogP) is 4.31. The van der Waals surface area contributed by atoms with Gasteiger partial charge in [0.15, 0.2) is 0 Å². The van der Waals surface area contributed by atoms with Crippen LogP contribution in [0, 0.1) is 0 Å². The van der Waals surface area contributed by atoms with Gasteiger partial charge in [-0.05, 0) is 42.9 Å². The minimum atomic E-state index is 0. The Hall–Kier alpha value is 0.0200. The molecule has 0 radical (unpaired) electrons. The molecule has 0 heterocycles. The predicted molar refractivity (Wildman–Crippen MR) is 103 cm³/mol. The van der Waals surface area contributed by atoms with E-state index in [0.717, 1.165) is 12.8 Å². The Morgan fingerprint density at radius 1 is 0.708 bits per heavy atom. The van der Waals surface area contributed by atoms with E-state index < -0.39 is 0 Å². The van der Waals surface area contributed by atoms with Crippen LogP contribution in [0.5, 0.6) is 5.75 Å². The topological polar surface area (TPSA) is 20.2 Å². The van der Waals surface area contributed by atoms with Crippen LogP contribution in [0.15, 0.2) is 18.2 Å². The van der Waals surface area contributed by atoms with Gasteiger partial charge < -0.3 is 6.53 Å². The molecule has 0 aliphatic heterocycles. The number of aryl methyl sites for hydroxylation is 1. The summed E-state index contributed by atoms with van der Waals surface area (Å²) in [6.45, 7) is 4.53. The fourth-order valence-electron chi connectivity index (χ4n) is 3.32. The molecule has 0 atom stereocenters. The van der Waals surface area contributed by atoms with Crippen molar-refractivity contribution in [1.29, 1.82) is 0 Å². The molecule has 0 spiro atoms. The minimum absolute atomic E-state index is 0. The number of rotatable bonds is 14. The van der Waals surface area contributed by atoms with Crippen LogP contribution >= 0.6 is 0 Å². The van der Waals surface area contributed by atoms with Crippen LogP contribution in [-0.2, 0) is 12.8 Å². The molecule has 1 aromatic rings. The average molecular weight is 343 g/mol. The fraction of sp³-hybridized carbons (Fsp3) is 0.727. The molecular weight excluding hydrogens is 303 g/mol. The van der Waals surface area contributed by atoms with Gasteiger partial charge in [0, 0.05) is 0 Å². The van der Waals surface area contributed by atoms with Gasteiger partial charge in [-0.25, -0.2) is 0 Å². The normalized spacial score (nSPS) is 10.6. The second kappa shape index (κ2) is 16.5. The summed E-state index contributed by atoms with van der Waals surface area (Å²) in [5.74, 6) is 0.516. The number of phenolic OH excluding ortho intramolecular Hbond substituents is 1. The molecule has 0 saturated heterocycles. The molecule has 0 aromatic heterocycles. The maximum Gasteiger partial charge on any atom is 1.00 e. The molecule has 0 fully saturated rings. The second-order valence-corrected chi connectivity index (χ2v) is 6.95. The molecule has 1 rings (SSSR count). The van der Waals surface area contributed by atoms with E-state index in [-0.39, 0.29) is 31.0 Å². The van der Waals surface area contributed by atoms with Gasteiger partial charge in [0.2, 0.25) is 0 Å². The summed E-state index contributed by atoms with van der Waals surface area (Å²) < 4.78 is 0. The van der Waals surface area contributed by atoms with Crippen molar-refractivity contribution < 1.29 is 36.1 Å². The van der Waals surface area contributed by atoms with Crippen LogP contribution in [0.1, 0.15) is 103 Å². The summed E-state index contributed by atoms with van der Waals surface area (Å²) in [5.41, 5.74) is 2.60. The van der Waals surface area contributed by atoms with Crippen LogP contribution in [0.4, 0.5) is 0 Å². The average Bonchev–Trinajstić information content (AvgIpc) is 2.56. The number of benzene rings is 1. The van der Waals surface area contributed by atoms with Crippen LogP contribution in [0.2, 0.25) is 0 Å². The Labute approximate surface area is 174 Å². The Bertz CT molecular complexity index is 409. The maximum atomic E-state index is 10.2. The van der Waals surface area contributed by atoms with Gasteiger partial charge in [0.05, 0.1) is 0 Å². The van der Waals surface area contributed by atoms with Crippen LogP contribution in [-0.4, -0.2) is 5.11 Å². The zero-order chi connectivity index (χ0) is 16.8. The molecule has 1 N–H and O–H groups in total. The summed E-state index contributed by atoms with van der Waals surface area (Å²) in [5, 5.41) is 10.2. The summed E-state index contributed by atoms with van der Waals surface area (Å²) in [6, 6.07) is 6.09. The van der Waals surface area contributed by atoms with Crippen LogP contribution in [0.25, 0.3) is 0 Å². The molecule has 0 saturated carbocycles. The van der Waals surface area contributed by atoms with Crippen LogP contribution < -0.4 is 29.6 Å². The third-order valence-corrected chi connectivity index (χ3v) is 4.83. The Morgan fingerprint density at radius 3 is 1.79 bits per heavy atom. The second-order valence-electron chi connectivity index (χ2n) is 6.95. The molecule has 2 heteroatoms. The molecule has 0 aliphatic rings. The SMILES string of the molecule is CCCCCCCCc1cccc(O)c1CCCCCCCC.[H-].[Na+]. The molecular formula is C22H39NaO. The van der Waals surface area contributed by atoms with Crippen LogP contribution in [0.3, 0.4) is 0 Å². The van der Waals surface area contributed by atoms with Crippen molar-refractivity contribution in [3.8, 4) is 5.75 Å². The minimum Gasteiger partial charge on any atom is -1.00 e. The van der Waals surface area contributed by atoms with E-state index in [9.17, 15) is 5.11 Å². The molecule has 0 bridgehead atoms. The maximum absolute atomic E-state index is 10.2. The number of unbranched alkanes of at least 4 members (excludes halogenated alkanes) is 10.